The van der Waals surface area contributed by atoms with E-state index in [2.05, 4.69) is 17.5 Å². The van der Waals surface area contributed by atoms with E-state index in [-0.39, 0.29) is 10.9 Å². The molecule has 0 aromatic heterocycles. The van der Waals surface area contributed by atoms with Crippen molar-refractivity contribution in [3.63, 3.8) is 0 Å². The van der Waals surface area contributed by atoms with Gasteiger partial charge in [-0.2, -0.15) is 0 Å². The monoisotopic (exact) mass is 168 g/mol. The molecule has 58 valence electrons. The minimum absolute atomic E-state index is 0.218. The molecule has 0 fully saturated rings. The second-order valence-corrected chi connectivity index (χ2v) is 2.48. The highest BCUT2D eigenvalue weighted by molar-refractivity contribution is 7.80. The Bertz CT molecular complexity index is 258. The molecule has 0 saturated carbocycles. The van der Waals surface area contributed by atoms with E-state index in [4.69, 9.17) is 10.8 Å². The van der Waals surface area contributed by atoms with Crippen molar-refractivity contribution in [2.75, 3.05) is 5.32 Å². The molecule has 3 nitrogen and oxygen atoms in total. The van der Waals surface area contributed by atoms with Crippen molar-refractivity contribution < 1.29 is 5.11 Å². The minimum Gasteiger partial charge on any atom is -0.508 e. The lowest BCUT2D eigenvalue weighted by atomic mass is 10.3. The summed E-state index contributed by atoms with van der Waals surface area (Å²) < 4.78 is 0. The zero-order valence-corrected chi connectivity index (χ0v) is 6.56. The van der Waals surface area contributed by atoms with Crippen molar-refractivity contribution in [1.82, 2.24) is 0 Å². The average Bonchev–Trinajstić information content (AvgIpc) is 1.93. The van der Waals surface area contributed by atoms with Gasteiger partial charge in [0.25, 0.3) is 0 Å². The van der Waals surface area contributed by atoms with E-state index >= 15 is 0 Å². The second-order valence-electron chi connectivity index (χ2n) is 2.04. The van der Waals surface area contributed by atoms with Gasteiger partial charge >= 0.3 is 0 Å². The van der Waals surface area contributed by atoms with Gasteiger partial charge in [0.2, 0.25) is 0 Å². The summed E-state index contributed by atoms with van der Waals surface area (Å²) in [6, 6.07) is 6.49. The minimum atomic E-state index is 0.218. The van der Waals surface area contributed by atoms with E-state index < -0.39 is 0 Å². The number of hydrogen-bond donors (Lipinski definition) is 3. The number of thiocarbonyl (C=S) groups is 1. The van der Waals surface area contributed by atoms with E-state index in [0.29, 0.717) is 0 Å². The van der Waals surface area contributed by atoms with Crippen LogP contribution in [0.3, 0.4) is 0 Å². The van der Waals surface area contributed by atoms with Crippen LogP contribution in [0.2, 0.25) is 0 Å². The number of hydrogen-bond acceptors (Lipinski definition) is 2. The molecule has 0 atom stereocenters. The van der Waals surface area contributed by atoms with Gasteiger partial charge in [0.05, 0.1) is 0 Å². The molecule has 0 radical (unpaired) electrons. The van der Waals surface area contributed by atoms with Crippen LogP contribution >= 0.6 is 12.2 Å². The highest BCUT2D eigenvalue weighted by Gasteiger charge is 1.91. The van der Waals surface area contributed by atoms with E-state index in [1.807, 2.05) is 0 Å². The molecule has 0 spiro atoms. The average molecular weight is 168 g/mol. The smallest absolute Gasteiger partial charge is 0.168 e. The summed E-state index contributed by atoms with van der Waals surface area (Å²) in [4.78, 5) is 0. The summed E-state index contributed by atoms with van der Waals surface area (Å²) in [6.07, 6.45) is 0. The fourth-order valence-corrected chi connectivity index (χ4v) is 0.805. The first-order chi connectivity index (χ1) is 5.18. The molecule has 1 rings (SSSR count). The van der Waals surface area contributed by atoms with Gasteiger partial charge in [-0.3, -0.25) is 0 Å². The van der Waals surface area contributed by atoms with Crippen molar-refractivity contribution in [3.8, 4) is 5.75 Å². The van der Waals surface area contributed by atoms with Gasteiger partial charge in [-0.1, -0.05) is 0 Å². The normalized spacial score (nSPS) is 9.09. The van der Waals surface area contributed by atoms with Crippen LogP contribution in [0.15, 0.2) is 24.3 Å². The fraction of sp³-hybridized carbons (Fsp3) is 0. The fourth-order valence-electron chi connectivity index (χ4n) is 0.687. The standard InChI is InChI=1S/C7H8N2OS/c8-7(11)9-5-1-3-6(10)4-2-5/h1-4,10H,(H3,8,9,11). The summed E-state index contributed by atoms with van der Waals surface area (Å²) in [7, 11) is 0. The van der Waals surface area contributed by atoms with Gasteiger partial charge < -0.3 is 16.2 Å². The van der Waals surface area contributed by atoms with Crippen LogP contribution in [0.5, 0.6) is 5.75 Å². The summed E-state index contributed by atoms with van der Waals surface area (Å²) in [5.74, 6) is 0.221. The Kier molecular flexibility index (Phi) is 2.28. The van der Waals surface area contributed by atoms with Crippen LogP contribution in [0.1, 0.15) is 0 Å². The Balaban J connectivity index is 2.74. The molecule has 0 aliphatic carbocycles. The van der Waals surface area contributed by atoms with Crippen molar-refractivity contribution in [3.05, 3.63) is 24.3 Å². The first-order valence-electron chi connectivity index (χ1n) is 3.04. The van der Waals surface area contributed by atoms with E-state index in [0.717, 1.165) is 5.69 Å². The number of benzene rings is 1. The van der Waals surface area contributed by atoms with Gasteiger partial charge in [0.15, 0.2) is 5.11 Å². The summed E-state index contributed by atoms with van der Waals surface area (Å²) in [6.45, 7) is 0. The zero-order chi connectivity index (χ0) is 8.27. The van der Waals surface area contributed by atoms with Crippen LogP contribution in [-0.4, -0.2) is 10.2 Å². The van der Waals surface area contributed by atoms with Crippen molar-refractivity contribution >= 4 is 23.0 Å². The Morgan fingerprint density at radius 2 is 1.91 bits per heavy atom. The molecule has 0 amide bonds. The Labute approximate surface area is 69.8 Å². The lowest BCUT2D eigenvalue weighted by Gasteiger charge is -2.01. The third-order valence-electron chi connectivity index (χ3n) is 1.13. The number of nitrogens with two attached hydrogens (primary N) is 1. The molecule has 0 unspecified atom stereocenters. The predicted octanol–water partition coefficient (Wildman–Crippen LogP) is 1.05. The zero-order valence-electron chi connectivity index (χ0n) is 5.74. The number of phenols is 1. The molecule has 11 heavy (non-hydrogen) atoms. The second kappa shape index (κ2) is 3.21. The number of phenolic OH excluding ortho intramolecular Hbond substituents is 1. The lowest BCUT2D eigenvalue weighted by Crippen LogP contribution is -2.18. The van der Waals surface area contributed by atoms with Crippen LogP contribution in [0, 0.1) is 0 Å². The number of anilines is 1. The molecule has 1 aromatic carbocycles. The van der Waals surface area contributed by atoms with Gasteiger partial charge in [-0.05, 0) is 36.5 Å². The molecule has 1 aromatic rings. The first-order valence-corrected chi connectivity index (χ1v) is 3.45. The maximum atomic E-state index is 8.90. The van der Waals surface area contributed by atoms with Crippen LogP contribution < -0.4 is 11.1 Å². The molecule has 4 heteroatoms. The van der Waals surface area contributed by atoms with Gasteiger partial charge in [-0.25, -0.2) is 0 Å². The number of rotatable bonds is 1. The molecule has 0 saturated heterocycles. The number of aromatic hydroxyl groups is 1. The SMILES string of the molecule is NC(=S)Nc1ccc(O)cc1. The first kappa shape index (κ1) is 7.81. The van der Waals surface area contributed by atoms with E-state index in [1.54, 1.807) is 24.3 Å². The van der Waals surface area contributed by atoms with Crippen molar-refractivity contribution in [1.29, 1.82) is 0 Å². The maximum Gasteiger partial charge on any atom is 0.168 e. The molecular formula is C7H8N2OS. The third-order valence-corrected chi connectivity index (χ3v) is 1.24. The summed E-state index contributed by atoms with van der Waals surface area (Å²) >= 11 is 4.61. The van der Waals surface area contributed by atoms with Gasteiger partial charge in [0.1, 0.15) is 5.75 Å². The van der Waals surface area contributed by atoms with Crippen molar-refractivity contribution in [2.45, 2.75) is 0 Å². The van der Waals surface area contributed by atoms with Gasteiger partial charge in [0, 0.05) is 5.69 Å². The molecule has 0 aliphatic heterocycles. The molecule has 0 aliphatic rings. The predicted molar refractivity (Wildman–Crippen MR) is 48.5 cm³/mol. The Morgan fingerprint density at radius 3 is 2.36 bits per heavy atom. The lowest BCUT2D eigenvalue weighted by molar-refractivity contribution is 0.475. The number of nitrogens with one attached hydrogen (secondary N) is 1. The highest BCUT2D eigenvalue weighted by atomic mass is 32.1. The van der Waals surface area contributed by atoms with E-state index in [9.17, 15) is 0 Å². The summed E-state index contributed by atoms with van der Waals surface area (Å²) in [5.41, 5.74) is 5.99. The Morgan fingerprint density at radius 1 is 1.36 bits per heavy atom. The van der Waals surface area contributed by atoms with Crippen LogP contribution in [0.25, 0.3) is 0 Å². The van der Waals surface area contributed by atoms with Crippen molar-refractivity contribution in [2.24, 2.45) is 5.73 Å². The Hall–Kier alpha value is -1.29. The maximum absolute atomic E-state index is 8.90. The van der Waals surface area contributed by atoms with Crippen LogP contribution in [0.4, 0.5) is 5.69 Å². The summed E-state index contributed by atoms with van der Waals surface area (Å²) in [5, 5.41) is 11.8. The molecular weight excluding hydrogens is 160 g/mol. The highest BCUT2D eigenvalue weighted by Crippen LogP contribution is 2.12. The third kappa shape index (κ3) is 2.43. The molecule has 0 heterocycles. The quantitative estimate of drug-likeness (QED) is 0.433. The molecule has 4 N–H and O–H groups in total. The van der Waals surface area contributed by atoms with Crippen LogP contribution in [-0.2, 0) is 0 Å². The largest absolute Gasteiger partial charge is 0.508 e. The molecule has 0 bridgehead atoms. The topological polar surface area (TPSA) is 58.3 Å². The van der Waals surface area contributed by atoms with Gasteiger partial charge in [-0.15, -0.1) is 0 Å². The van der Waals surface area contributed by atoms with E-state index in [1.165, 1.54) is 0 Å².